The summed E-state index contributed by atoms with van der Waals surface area (Å²) in [5, 5.41) is 3.79. The van der Waals surface area contributed by atoms with Gasteiger partial charge in [0.05, 0.1) is 18.5 Å². The van der Waals surface area contributed by atoms with Gasteiger partial charge in [-0.25, -0.2) is 0 Å². The van der Waals surface area contributed by atoms with Crippen LogP contribution in [0.4, 0.5) is 11.4 Å². The van der Waals surface area contributed by atoms with Crippen LogP contribution < -0.4 is 15.0 Å². The normalized spacial score (nSPS) is 21.2. The maximum absolute atomic E-state index is 5.47. The first-order chi connectivity index (χ1) is 13.7. The molecule has 2 heterocycles. The number of thioether (sulfide) groups is 1. The van der Waals surface area contributed by atoms with Gasteiger partial charge in [-0.15, -0.1) is 11.8 Å². The molecular formula is C23H30N2OS2. The molecule has 0 aliphatic carbocycles. The van der Waals surface area contributed by atoms with Crippen molar-refractivity contribution in [3.8, 4) is 5.75 Å². The Hall–Kier alpha value is -1.30. The van der Waals surface area contributed by atoms with Gasteiger partial charge in [-0.3, -0.25) is 0 Å². The van der Waals surface area contributed by atoms with Crippen LogP contribution in [0.25, 0.3) is 0 Å². The number of ether oxygens (including phenoxy) is 1. The third-order valence-electron chi connectivity index (χ3n) is 6.03. The predicted octanol–water partition coefficient (Wildman–Crippen LogP) is 6.19. The lowest BCUT2D eigenvalue weighted by Crippen LogP contribution is -2.40. The SMILES string of the molecule is CCC1CCC(CCN2c3ccc(OC)cc3Sc3ccc(SC)cc32)NC1. The van der Waals surface area contributed by atoms with Crippen molar-refractivity contribution in [1.82, 2.24) is 5.32 Å². The van der Waals surface area contributed by atoms with E-state index in [0.717, 1.165) is 18.2 Å². The minimum Gasteiger partial charge on any atom is -0.497 e. The van der Waals surface area contributed by atoms with E-state index in [-0.39, 0.29) is 0 Å². The average molecular weight is 415 g/mol. The molecule has 0 radical (unpaired) electrons. The summed E-state index contributed by atoms with van der Waals surface area (Å²) in [6.07, 6.45) is 7.29. The second-order valence-corrected chi connectivity index (χ2v) is 9.63. The van der Waals surface area contributed by atoms with E-state index in [1.165, 1.54) is 58.3 Å². The van der Waals surface area contributed by atoms with E-state index < -0.39 is 0 Å². The molecule has 4 rings (SSSR count). The van der Waals surface area contributed by atoms with Crippen LogP contribution in [0.15, 0.2) is 51.1 Å². The molecule has 0 saturated carbocycles. The van der Waals surface area contributed by atoms with Crippen molar-refractivity contribution >= 4 is 34.9 Å². The van der Waals surface area contributed by atoms with Crippen molar-refractivity contribution in [3.63, 3.8) is 0 Å². The summed E-state index contributed by atoms with van der Waals surface area (Å²) in [4.78, 5) is 6.46. The molecule has 150 valence electrons. The van der Waals surface area contributed by atoms with Crippen molar-refractivity contribution in [2.45, 2.75) is 53.3 Å². The minimum absolute atomic E-state index is 0.631. The van der Waals surface area contributed by atoms with Gasteiger partial charge in [0.25, 0.3) is 0 Å². The van der Waals surface area contributed by atoms with Gasteiger partial charge in [0, 0.05) is 27.3 Å². The molecule has 2 aromatic carbocycles. The first-order valence-corrected chi connectivity index (χ1v) is 12.3. The Kier molecular flexibility index (Phi) is 6.44. The van der Waals surface area contributed by atoms with Gasteiger partial charge in [0.15, 0.2) is 0 Å². The van der Waals surface area contributed by atoms with Crippen molar-refractivity contribution in [1.29, 1.82) is 0 Å². The van der Waals surface area contributed by atoms with Crippen molar-refractivity contribution in [2.75, 3.05) is 31.4 Å². The molecule has 0 amide bonds. The molecule has 28 heavy (non-hydrogen) atoms. The summed E-state index contributed by atoms with van der Waals surface area (Å²) in [5.41, 5.74) is 2.65. The Labute approximate surface area is 177 Å². The summed E-state index contributed by atoms with van der Waals surface area (Å²) in [5.74, 6) is 1.79. The standard InChI is InChI=1S/C23H30N2OS2/c1-4-16-5-6-17(24-15-16)11-12-25-20-9-7-18(26-2)13-23(20)28-22-10-8-19(27-3)14-21(22)25/h7-10,13-14,16-17,24H,4-6,11-12,15H2,1-3H3. The number of nitrogens with one attached hydrogen (secondary N) is 1. The largest absolute Gasteiger partial charge is 0.497 e. The van der Waals surface area contributed by atoms with E-state index in [2.05, 4.69) is 59.8 Å². The van der Waals surface area contributed by atoms with Crippen molar-refractivity contribution in [2.24, 2.45) is 5.92 Å². The maximum atomic E-state index is 5.47. The number of benzene rings is 2. The molecule has 1 N–H and O–H groups in total. The fraction of sp³-hybridized carbons (Fsp3) is 0.478. The van der Waals surface area contributed by atoms with E-state index in [0.29, 0.717) is 6.04 Å². The lowest BCUT2D eigenvalue weighted by atomic mass is 9.91. The molecule has 2 unspecified atom stereocenters. The topological polar surface area (TPSA) is 24.5 Å². The molecule has 1 saturated heterocycles. The van der Waals surface area contributed by atoms with E-state index >= 15 is 0 Å². The molecular weight excluding hydrogens is 384 g/mol. The summed E-state index contributed by atoms with van der Waals surface area (Å²) >= 11 is 3.66. The highest BCUT2D eigenvalue weighted by atomic mass is 32.2. The summed E-state index contributed by atoms with van der Waals surface area (Å²) in [7, 11) is 1.74. The zero-order valence-electron chi connectivity index (χ0n) is 17.0. The second kappa shape index (κ2) is 9.02. The Morgan fingerprint density at radius 1 is 1.14 bits per heavy atom. The van der Waals surface area contributed by atoms with Gasteiger partial charge in [0.1, 0.15) is 5.75 Å². The lowest BCUT2D eigenvalue weighted by Gasteiger charge is -2.36. The number of anilines is 2. The molecule has 5 heteroatoms. The van der Waals surface area contributed by atoms with Crippen LogP contribution in [-0.4, -0.2) is 32.5 Å². The molecule has 2 aliphatic rings. The van der Waals surface area contributed by atoms with E-state index in [4.69, 9.17) is 4.74 Å². The van der Waals surface area contributed by atoms with Gasteiger partial charge >= 0.3 is 0 Å². The van der Waals surface area contributed by atoms with Gasteiger partial charge in [-0.2, -0.15) is 0 Å². The zero-order valence-corrected chi connectivity index (χ0v) is 18.7. The van der Waals surface area contributed by atoms with Gasteiger partial charge < -0.3 is 15.0 Å². The van der Waals surface area contributed by atoms with Crippen LogP contribution in [-0.2, 0) is 0 Å². The fourth-order valence-electron chi connectivity index (χ4n) is 4.19. The monoisotopic (exact) mass is 414 g/mol. The minimum atomic E-state index is 0.631. The number of methoxy groups -OCH3 is 1. The third-order valence-corrected chi connectivity index (χ3v) is 7.87. The Morgan fingerprint density at radius 3 is 2.75 bits per heavy atom. The molecule has 0 spiro atoms. The first kappa shape index (κ1) is 20.0. The number of hydrogen-bond donors (Lipinski definition) is 1. The molecule has 1 fully saturated rings. The average Bonchev–Trinajstić information content (AvgIpc) is 2.76. The smallest absolute Gasteiger partial charge is 0.120 e. The number of fused-ring (bicyclic) bond motifs is 2. The Morgan fingerprint density at radius 2 is 2.04 bits per heavy atom. The summed E-state index contributed by atoms with van der Waals surface area (Å²) in [6.45, 7) is 4.53. The van der Waals surface area contributed by atoms with Crippen LogP contribution in [0.3, 0.4) is 0 Å². The number of hydrogen-bond acceptors (Lipinski definition) is 5. The summed E-state index contributed by atoms with van der Waals surface area (Å²) < 4.78 is 5.47. The second-order valence-electron chi connectivity index (χ2n) is 7.67. The van der Waals surface area contributed by atoms with Crippen LogP contribution in [0, 0.1) is 5.92 Å². The number of piperidine rings is 1. The molecule has 2 atom stereocenters. The highest BCUT2D eigenvalue weighted by Gasteiger charge is 2.26. The highest BCUT2D eigenvalue weighted by molar-refractivity contribution is 8.00. The van der Waals surface area contributed by atoms with Crippen LogP contribution in [0.5, 0.6) is 5.75 Å². The lowest BCUT2D eigenvalue weighted by molar-refractivity contribution is 0.296. The quantitative estimate of drug-likeness (QED) is 0.568. The van der Waals surface area contributed by atoms with Gasteiger partial charge in [0.2, 0.25) is 0 Å². The molecule has 2 aromatic rings. The van der Waals surface area contributed by atoms with Crippen molar-refractivity contribution < 1.29 is 4.74 Å². The van der Waals surface area contributed by atoms with Gasteiger partial charge in [-0.05, 0) is 74.4 Å². The van der Waals surface area contributed by atoms with Crippen LogP contribution in [0.2, 0.25) is 0 Å². The van der Waals surface area contributed by atoms with E-state index in [1.807, 2.05) is 23.5 Å². The van der Waals surface area contributed by atoms with Crippen molar-refractivity contribution in [3.05, 3.63) is 36.4 Å². The Bertz CT molecular complexity index is 818. The number of nitrogens with zero attached hydrogens (tertiary/aromatic N) is 1. The highest BCUT2D eigenvalue weighted by Crippen LogP contribution is 2.50. The fourth-order valence-corrected chi connectivity index (χ4v) is 5.73. The number of rotatable bonds is 6. The summed E-state index contributed by atoms with van der Waals surface area (Å²) in [6, 6.07) is 14.0. The zero-order chi connectivity index (χ0) is 19.5. The third kappa shape index (κ3) is 4.17. The van der Waals surface area contributed by atoms with Crippen LogP contribution in [0.1, 0.15) is 32.6 Å². The van der Waals surface area contributed by atoms with Gasteiger partial charge in [-0.1, -0.05) is 25.1 Å². The molecule has 2 aliphatic heterocycles. The molecule has 0 bridgehead atoms. The van der Waals surface area contributed by atoms with E-state index in [1.54, 1.807) is 7.11 Å². The maximum Gasteiger partial charge on any atom is 0.120 e. The van der Waals surface area contributed by atoms with Crippen LogP contribution >= 0.6 is 23.5 Å². The Balaban J connectivity index is 1.58. The van der Waals surface area contributed by atoms with E-state index in [9.17, 15) is 0 Å². The first-order valence-electron chi connectivity index (χ1n) is 10.3. The predicted molar refractivity (Wildman–Crippen MR) is 122 cm³/mol. The molecule has 3 nitrogen and oxygen atoms in total. The molecule has 0 aromatic heterocycles.